The first-order valence-corrected chi connectivity index (χ1v) is 9.42. The summed E-state index contributed by atoms with van der Waals surface area (Å²) in [5.74, 6) is -0.0398. The summed E-state index contributed by atoms with van der Waals surface area (Å²) >= 11 is 0. The van der Waals surface area contributed by atoms with E-state index in [1.165, 1.54) is 6.07 Å². The molecule has 7 nitrogen and oxygen atoms in total. The van der Waals surface area contributed by atoms with Crippen LogP contribution in [0.15, 0.2) is 24.5 Å². The number of aliphatic hydroxyl groups is 1. The number of carbonyl (C=O) groups excluding carboxylic acids is 1. The minimum absolute atomic E-state index is 0.153. The summed E-state index contributed by atoms with van der Waals surface area (Å²) in [6, 6.07) is 2.55. The lowest BCUT2D eigenvalue weighted by molar-refractivity contribution is -0.260. The fraction of sp³-hybridized carbons (Fsp3) is 0.526. The van der Waals surface area contributed by atoms with E-state index in [-0.39, 0.29) is 17.4 Å². The zero-order valence-electron chi connectivity index (χ0n) is 16.2. The Bertz CT molecular complexity index is 877. The van der Waals surface area contributed by atoms with Gasteiger partial charge in [0.05, 0.1) is 23.6 Å². The number of carbonyl (C=O) groups is 1. The maximum Gasteiger partial charge on any atom is 0.422 e. The van der Waals surface area contributed by atoms with Crippen molar-refractivity contribution >= 4 is 17.4 Å². The third-order valence-corrected chi connectivity index (χ3v) is 5.48. The molecule has 2 heterocycles. The molecule has 158 valence electrons. The van der Waals surface area contributed by atoms with Crippen molar-refractivity contribution in [2.75, 3.05) is 5.32 Å². The molecule has 0 saturated heterocycles. The molecule has 1 aliphatic carbocycles. The Balaban J connectivity index is 1.85. The largest absolute Gasteiger partial charge is 0.422 e. The van der Waals surface area contributed by atoms with E-state index < -0.39 is 23.4 Å². The molecule has 3 unspecified atom stereocenters. The van der Waals surface area contributed by atoms with E-state index in [1.54, 1.807) is 10.9 Å². The van der Waals surface area contributed by atoms with E-state index in [2.05, 4.69) is 22.3 Å². The van der Waals surface area contributed by atoms with Crippen molar-refractivity contribution < 1.29 is 23.1 Å². The highest BCUT2D eigenvalue weighted by Crippen LogP contribution is 2.38. The third kappa shape index (κ3) is 4.21. The average molecular weight is 411 g/mol. The lowest BCUT2D eigenvalue weighted by Crippen LogP contribution is -2.39. The molecule has 29 heavy (non-hydrogen) atoms. The number of amides is 1. The van der Waals surface area contributed by atoms with Crippen LogP contribution < -0.4 is 11.1 Å². The number of alkyl halides is 3. The molecule has 1 saturated carbocycles. The van der Waals surface area contributed by atoms with E-state index >= 15 is 0 Å². The van der Waals surface area contributed by atoms with Gasteiger partial charge in [-0.2, -0.15) is 18.3 Å². The van der Waals surface area contributed by atoms with Crippen LogP contribution in [0.2, 0.25) is 0 Å². The maximum absolute atomic E-state index is 12.9. The maximum atomic E-state index is 12.9. The molecule has 0 aromatic carbocycles. The summed E-state index contributed by atoms with van der Waals surface area (Å²) in [7, 11) is 0. The fourth-order valence-corrected chi connectivity index (χ4v) is 3.56. The van der Waals surface area contributed by atoms with Gasteiger partial charge in [-0.15, -0.1) is 0 Å². The zero-order chi connectivity index (χ0) is 21.4. The lowest BCUT2D eigenvalue weighted by atomic mass is 9.86. The highest BCUT2D eigenvalue weighted by atomic mass is 19.4. The quantitative estimate of drug-likeness (QED) is 0.697. The Morgan fingerprint density at radius 3 is 2.55 bits per heavy atom. The summed E-state index contributed by atoms with van der Waals surface area (Å²) in [6.07, 6.45) is 2.15. The van der Waals surface area contributed by atoms with Gasteiger partial charge in [0.25, 0.3) is 5.91 Å². The predicted octanol–water partition coefficient (Wildman–Crippen LogP) is 3.64. The van der Waals surface area contributed by atoms with Crippen molar-refractivity contribution in [2.24, 2.45) is 11.7 Å². The van der Waals surface area contributed by atoms with Crippen LogP contribution in [0.25, 0.3) is 0 Å². The topological polar surface area (TPSA) is 106 Å². The van der Waals surface area contributed by atoms with Gasteiger partial charge in [0.15, 0.2) is 11.4 Å². The number of nitrogens with one attached hydrogen (secondary N) is 1. The Hall–Kier alpha value is -2.62. The number of pyridine rings is 1. The lowest BCUT2D eigenvalue weighted by Gasteiger charge is -2.28. The molecule has 3 atom stereocenters. The van der Waals surface area contributed by atoms with Crippen molar-refractivity contribution in [3.63, 3.8) is 0 Å². The second kappa shape index (κ2) is 7.66. The van der Waals surface area contributed by atoms with E-state index in [0.717, 1.165) is 37.9 Å². The average Bonchev–Trinajstić information content (AvgIpc) is 3.05. The summed E-state index contributed by atoms with van der Waals surface area (Å²) in [4.78, 5) is 15.6. The smallest absolute Gasteiger partial charge is 0.375 e. The van der Waals surface area contributed by atoms with Gasteiger partial charge in [-0.1, -0.05) is 19.8 Å². The van der Waals surface area contributed by atoms with Gasteiger partial charge in [-0.25, -0.2) is 0 Å². The first-order valence-electron chi connectivity index (χ1n) is 9.42. The summed E-state index contributed by atoms with van der Waals surface area (Å²) in [6.45, 7) is 2.78. The van der Waals surface area contributed by atoms with Crippen LogP contribution in [-0.4, -0.2) is 32.0 Å². The molecule has 3 rings (SSSR count). The Kier molecular flexibility index (Phi) is 5.57. The molecule has 0 aliphatic heterocycles. The fourth-order valence-electron chi connectivity index (χ4n) is 3.56. The molecular formula is C19H24F3N5O2. The van der Waals surface area contributed by atoms with Gasteiger partial charge in [0.2, 0.25) is 0 Å². The van der Waals surface area contributed by atoms with Gasteiger partial charge >= 0.3 is 6.18 Å². The highest BCUT2D eigenvalue weighted by Gasteiger charge is 2.52. The minimum atomic E-state index is -4.86. The highest BCUT2D eigenvalue weighted by molar-refractivity contribution is 5.98. The van der Waals surface area contributed by atoms with E-state index in [1.807, 2.05) is 0 Å². The molecule has 2 aromatic rings. The number of primary amides is 1. The molecule has 0 spiro atoms. The second-order valence-corrected chi connectivity index (χ2v) is 7.69. The Morgan fingerprint density at radius 1 is 1.31 bits per heavy atom. The number of rotatable bonds is 5. The molecule has 1 amide bonds. The number of aromatic nitrogens is 3. The van der Waals surface area contributed by atoms with E-state index in [0.29, 0.717) is 18.5 Å². The summed E-state index contributed by atoms with van der Waals surface area (Å²) in [5.41, 5.74) is 2.37. The van der Waals surface area contributed by atoms with Crippen molar-refractivity contribution in [2.45, 2.75) is 57.3 Å². The van der Waals surface area contributed by atoms with Gasteiger partial charge in [0.1, 0.15) is 5.56 Å². The van der Waals surface area contributed by atoms with Gasteiger partial charge in [-0.3, -0.25) is 14.5 Å². The zero-order valence-corrected chi connectivity index (χ0v) is 16.2. The number of nitrogens with two attached hydrogens (primary N) is 1. The van der Waals surface area contributed by atoms with Crippen LogP contribution in [0.1, 0.15) is 61.6 Å². The van der Waals surface area contributed by atoms with Crippen LogP contribution in [0.4, 0.5) is 24.7 Å². The molecule has 10 heteroatoms. The van der Waals surface area contributed by atoms with Crippen LogP contribution in [0, 0.1) is 5.92 Å². The number of hydrogen-bond acceptors (Lipinski definition) is 5. The molecule has 1 fully saturated rings. The molecule has 0 radical (unpaired) electrons. The van der Waals surface area contributed by atoms with Gasteiger partial charge in [0, 0.05) is 6.20 Å². The van der Waals surface area contributed by atoms with Crippen molar-refractivity contribution in [3.8, 4) is 0 Å². The summed E-state index contributed by atoms with van der Waals surface area (Å²) in [5, 5.41) is 17.1. The molecular weight excluding hydrogens is 387 g/mol. The standard InChI is InChI=1S/C19H24F3N5O2/c1-11-5-3-4-6-14(11)27-10-13(16(23)28)17(26-27)25-12-7-8-15(24-9-12)18(2,29)19(20,21)22/h7-11,14,29H,3-6H2,1-2H3,(H2,23,28)(H,25,26). The first kappa shape index (κ1) is 21.1. The monoisotopic (exact) mass is 411 g/mol. The van der Waals surface area contributed by atoms with E-state index in [9.17, 15) is 23.1 Å². The molecule has 2 aromatic heterocycles. The van der Waals surface area contributed by atoms with Crippen LogP contribution in [0.3, 0.4) is 0 Å². The van der Waals surface area contributed by atoms with Crippen molar-refractivity contribution in [1.82, 2.24) is 14.8 Å². The minimum Gasteiger partial charge on any atom is -0.375 e. The number of halogens is 3. The normalized spacial score (nSPS) is 22.1. The molecule has 4 N–H and O–H groups in total. The van der Waals surface area contributed by atoms with Crippen LogP contribution in [0.5, 0.6) is 0 Å². The number of nitrogens with zero attached hydrogens (tertiary/aromatic N) is 3. The van der Waals surface area contributed by atoms with Crippen molar-refractivity contribution in [1.29, 1.82) is 0 Å². The Labute approximate surface area is 166 Å². The van der Waals surface area contributed by atoms with Crippen LogP contribution >= 0.6 is 0 Å². The SMILES string of the molecule is CC1CCCCC1n1cc(C(N)=O)c(Nc2ccc(C(C)(O)C(F)(F)F)nc2)n1. The molecule has 1 aliphatic rings. The van der Waals surface area contributed by atoms with Crippen LogP contribution in [-0.2, 0) is 5.60 Å². The number of anilines is 2. The van der Waals surface area contributed by atoms with Gasteiger partial charge in [-0.05, 0) is 37.8 Å². The third-order valence-electron chi connectivity index (χ3n) is 5.48. The van der Waals surface area contributed by atoms with Gasteiger partial charge < -0.3 is 16.2 Å². The van der Waals surface area contributed by atoms with E-state index in [4.69, 9.17) is 5.73 Å². The summed E-state index contributed by atoms with van der Waals surface area (Å²) < 4.78 is 40.6. The predicted molar refractivity (Wildman–Crippen MR) is 101 cm³/mol. The number of hydrogen-bond donors (Lipinski definition) is 3. The second-order valence-electron chi connectivity index (χ2n) is 7.69. The first-order chi connectivity index (χ1) is 13.5. The molecule has 0 bridgehead atoms. The Morgan fingerprint density at radius 2 is 2.00 bits per heavy atom. The van der Waals surface area contributed by atoms with Crippen molar-refractivity contribution in [3.05, 3.63) is 35.8 Å².